The Morgan fingerprint density at radius 1 is 1.31 bits per heavy atom. The molecule has 2 nitrogen and oxygen atoms in total. The summed E-state index contributed by atoms with van der Waals surface area (Å²) < 4.78 is 5.61. The van der Waals surface area contributed by atoms with Crippen LogP contribution in [-0.4, -0.2) is 4.98 Å². The molecule has 0 aromatic carbocycles. The molecule has 0 radical (unpaired) electrons. The number of ether oxygens (including phenoxy) is 1. The molecule has 0 atom stereocenters. The monoisotopic (exact) mass is 191 g/mol. The van der Waals surface area contributed by atoms with Crippen LogP contribution in [0, 0.1) is 6.92 Å². The van der Waals surface area contributed by atoms with Gasteiger partial charge in [0, 0.05) is 6.20 Å². The van der Waals surface area contributed by atoms with Crippen molar-refractivity contribution in [3.63, 3.8) is 0 Å². The Kier molecular flexibility index (Phi) is 2.27. The zero-order chi connectivity index (χ0) is 9.10. The van der Waals surface area contributed by atoms with Crippen molar-refractivity contribution in [1.29, 1.82) is 0 Å². The number of hydrogen-bond acceptors (Lipinski definition) is 3. The lowest BCUT2D eigenvalue weighted by molar-refractivity contribution is 0.489. The van der Waals surface area contributed by atoms with Crippen LogP contribution in [0.4, 0.5) is 0 Å². The van der Waals surface area contributed by atoms with Crippen LogP contribution in [0.5, 0.6) is 10.8 Å². The van der Waals surface area contributed by atoms with E-state index in [2.05, 4.69) is 4.98 Å². The molecule has 0 saturated heterocycles. The van der Waals surface area contributed by atoms with Crippen LogP contribution < -0.4 is 4.74 Å². The molecule has 3 heteroatoms. The predicted octanol–water partition coefficient (Wildman–Crippen LogP) is 3.24. The maximum Gasteiger partial charge on any atom is 0.180 e. The molecule has 2 aromatic heterocycles. The average molecular weight is 191 g/mol. The lowest BCUT2D eigenvalue weighted by Crippen LogP contribution is -1.86. The van der Waals surface area contributed by atoms with E-state index in [-0.39, 0.29) is 0 Å². The van der Waals surface area contributed by atoms with E-state index in [4.69, 9.17) is 4.74 Å². The van der Waals surface area contributed by atoms with Gasteiger partial charge in [-0.2, -0.15) is 0 Å². The van der Waals surface area contributed by atoms with Crippen LogP contribution in [-0.2, 0) is 0 Å². The highest BCUT2D eigenvalue weighted by molar-refractivity contribution is 7.11. The molecule has 2 rings (SSSR count). The van der Waals surface area contributed by atoms with Gasteiger partial charge in [0.1, 0.15) is 5.75 Å². The largest absolute Gasteiger partial charge is 0.445 e. The summed E-state index contributed by atoms with van der Waals surface area (Å²) >= 11 is 1.58. The molecule has 0 amide bonds. The van der Waals surface area contributed by atoms with Crippen LogP contribution in [0.1, 0.15) is 5.69 Å². The molecule has 2 aromatic rings. The van der Waals surface area contributed by atoms with Crippen LogP contribution >= 0.6 is 11.3 Å². The molecular formula is C10H9NOS. The highest BCUT2D eigenvalue weighted by atomic mass is 32.1. The first kappa shape index (κ1) is 8.26. The molecule has 13 heavy (non-hydrogen) atoms. The normalized spacial score (nSPS) is 9.92. The first-order valence-corrected chi connectivity index (χ1v) is 4.87. The van der Waals surface area contributed by atoms with E-state index in [1.807, 2.05) is 36.6 Å². The van der Waals surface area contributed by atoms with E-state index >= 15 is 0 Å². The van der Waals surface area contributed by atoms with Gasteiger partial charge in [0.2, 0.25) is 0 Å². The van der Waals surface area contributed by atoms with Crippen molar-refractivity contribution in [2.24, 2.45) is 0 Å². The zero-order valence-corrected chi connectivity index (χ0v) is 8.04. The van der Waals surface area contributed by atoms with Gasteiger partial charge >= 0.3 is 0 Å². The van der Waals surface area contributed by atoms with Gasteiger partial charge in [-0.25, -0.2) is 0 Å². The quantitative estimate of drug-likeness (QED) is 0.727. The fourth-order valence-corrected chi connectivity index (χ4v) is 1.59. The van der Waals surface area contributed by atoms with E-state index in [9.17, 15) is 0 Å². The Morgan fingerprint density at radius 3 is 2.92 bits per heavy atom. The molecule has 0 aliphatic heterocycles. The Morgan fingerprint density at radius 2 is 2.23 bits per heavy atom. The first-order valence-electron chi connectivity index (χ1n) is 3.99. The topological polar surface area (TPSA) is 22.1 Å². The molecule has 0 saturated carbocycles. The van der Waals surface area contributed by atoms with Crippen LogP contribution in [0.2, 0.25) is 0 Å². The highest BCUT2D eigenvalue weighted by Crippen LogP contribution is 2.26. The molecule has 2 heterocycles. The third kappa shape index (κ3) is 1.87. The third-order valence-corrected chi connectivity index (χ3v) is 2.41. The number of aryl methyl sites for hydroxylation is 1. The number of thiophene rings is 1. The molecule has 0 unspecified atom stereocenters. The van der Waals surface area contributed by atoms with Crippen LogP contribution in [0.25, 0.3) is 0 Å². The average Bonchev–Trinajstić information content (AvgIpc) is 2.61. The van der Waals surface area contributed by atoms with E-state index in [1.165, 1.54) is 0 Å². The standard InChI is InChI=1S/C10H9NOS/c1-8-9(4-2-6-11-8)12-10-5-3-7-13-10/h2-7H,1H3. The van der Waals surface area contributed by atoms with Gasteiger partial charge in [-0.3, -0.25) is 4.98 Å². The third-order valence-electron chi connectivity index (χ3n) is 1.66. The molecule has 0 bridgehead atoms. The van der Waals surface area contributed by atoms with E-state index in [1.54, 1.807) is 17.5 Å². The Bertz CT molecular complexity index is 384. The molecule has 0 fully saturated rings. The maximum atomic E-state index is 5.61. The Hall–Kier alpha value is -1.35. The molecule has 0 spiro atoms. The summed E-state index contributed by atoms with van der Waals surface area (Å²) in [5.41, 5.74) is 0.913. The predicted molar refractivity (Wildman–Crippen MR) is 53.4 cm³/mol. The van der Waals surface area contributed by atoms with E-state index < -0.39 is 0 Å². The zero-order valence-electron chi connectivity index (χ0n) is 7.23. The number of hydrogen-bond donors (Lipinski definition) is 0. The van der Waals surface area contributed by atoms with Crippen molar-refractivity contribution in [1.82, 2.24) is 4.98 Å². The summed E-state index contributed by atoms with van der Waals surface area (Å²) in [6.07, 6.45) is 1.76. The van der Waals surface area contributed by atoms with Gasteiger partial charge < -0.3 is 4.74 Å². The first-order chi connectivity index (χ1) is 6.36. The fourth-order valence-electron chi connectivity index (χ4n) is 1.01. The van der Waals surface area contributed by atoms with Gasteiger partial charge in [-0.1, -0.05) is 0 Å². The summed E-state index contributed by atoms with van der Waals surface area (Å²) in [4.78, 5) is 4.14. The molecule has 0 N–H and O–H groups in total. The second-order valence-corrected chi connectivity index (χ2v) is 3.53. The van der Waals surface area contributed by atoms with E-state index in [0.29, 0.717) is 0 Å². The van der Waals surface area contributed by atoms with Crippen LogP contribution in [0.3, 0.4) is 0 Å². The maximum absolute atomic E-state index is 5.61. The van der Waals surface area contributed by atoms with Crippen molar-refractivity contribution >= 4 is 11.3 Å². The van der Waals surface area contributed by atoms with Crippen molar-refractivity contribution in [3.05, 3.63) is 41.5 Å². The van der Waals surface area contributed by atoms with Crippen LogP contribution in [0.15, 0.2) is 35.8 Å². The van der Waals surface area contributed by atoms with Gasteiger partial charge in [-0.15, -0.1) is 11.3 Å². The Balaban J connectivity index is 2.24. The minimum absolute atomic E-state index is 0.824. The van der Waals surface area contributed by atoms with E-state index in [0.717, 1.165) is 16.5 Å². The van der Waals surface area contributed by atoms with Crippen molar-refractivity contribution in [2.45, 2.75) is 6.92 Å². The summed E-state index contributed by atoms with van der Waals surface area (Å²) in [5, 5.41) is 2.89. The van der Waals surface area contributed by atoms with Gasteiger partial charge in [0.05, 0.1) is 5.69 Å². The van der Waals surface area contributed by atoms with Gasteiger partial charge in [-0.05, 0) is 36.6 Å². The molecule has 0 aliphatic carbocycles. The minimum atomic E-state index is 0.824. The smallest absolute Gasteiger partial charge is 0.180 e. The lowest BCUT2D eigenvalue weighted by Gasteiger charge is -2.03. The number of aromatic nitrogens is 1. The highest BCUT2D eigenvalue weighted by Gasteiger charge is 2.00. The minimum Gasteiger partial charge on any atom is -0.445 e. The summed E-state index contributed by atoms with van der Waals surface area (Å²) in [6.45, 7) is 1.93. The molecular weight excluding hydrogens is 182 g/mol. The second-order valence-electron chi connectivity index (χ2n) is 2.62. The summed E-state index contributed by atoms with van der Waals surface area (Å²) in [5.74, 6) is 0.824. The van der Waals surface area contributed by atoms with Crippen molar-refractivity contribution < 1.29 is 4.74 Å². The summed E-state index contributed by atoms with van der Waals surface area (Å²) in [6, 6.07) is 7.70. The molecule has 66 valence electrons. The summed E-state index contributed by atoms with van der Waals surface area (Å²) in [7, 11) is 0. The number of nitrogens with zero attached hydrogens (tertiary/aromatic N) is 1. The van der Waals surface area contributed by atoms with Gasteiger partial charge in [0.25, 0.3) is 0 Å². The number of rotatable bonds is 2. The fraction of sp³-hybridized carbons (Fsp3) is 0.100. The van der Waals surface area contributed by atoms with Crippen molar-refractivity contribution in [2.75, 3.05) is 0 Å². The SMILES string of the molecule is Cc1ncccc1Oc1cccs1. The van der Waals surface area contributed by atoms with Crippen molar-refractivity contribution in [3.8, 4) is 10.8 Å². The molecule has 0 aliphatic rings. The Labute approximate surface area is 80.8 Å². The number of pyridine rings is 1. The van der Waals surface area contributed by atoms with Gasteiger partial charge in [0.15, 0.2) is 5.06 Å². The second kappa shape index (κ2) is 3.58. The lowest BCUT2D eigenvalue weighted by atomic mass is 10.3.